The van der Waals surface area contributed by atoms with Gasteiger partial charge in [0.15, 0.2) is 0 Å². The normalized spacial score (nSPS) is 11.7. The molecule has 3 aromatic heterocycles. The lowest BCUT2D eigenvalue weighted by atomic mass is 10.2. The number of alkyl halides is 3. The SMILES string of the molecule is Cc1nc2ccc(C(F)(F)F)cn2c1C(=O)Nc1ccc(Cl)cn1. The molecule has 0 radical (unpaired) electrons. The van der Waals surface area contributed by atoms with Gasteiger partial charge in [0, 0.05) is 12.4 Å². The first-order valence-electron chi connectivity index (χ1n) is 6.74. The Morgan fingerprint density at radius 1 is 1.25 bits per heavy atom. The molecule has 0 aliphatic carbocycles. The zero-order valence-corrected chi connectivity index (χ0v) is 13.0. The van der Waals surface area contributed by atoms with Crippen LogP contribution in [0, 0.1) is 6.92 Å². The third-order valence-electron chi connectivity index (χ3n) is 3.30. The van der Waals surface area contributed by atoms with Crippen molar-refractivity contribution in [1.29, 1.82) is 0 Å². The molecule has 0 atom stereocenters. The first kappa shape index (κ1) is 16.3. The highest BCUT2D eigenvalue weighted by Gasteiger charge is 2.31. The Kier molecular flexibility index (Phi) is 3.92. The Hall–Kier alpha value is -2.61. The fourth-order valence-corrected chi connectivity index (χ4v) is 2.34. The van der Waals surface area contributed by atoms with Crippen LogP contribution in [-0.2, 0) is 6.18 Å². The van der Waals surface area contributed by atoms with Crippen molar-refractivity contribution in [2.45, 2.75) is 13.1 Å². The summed E-state index contributed by atoms with van der Waals surface area (Å²) in [4.78, 5) is 20.5. The summed E-state index contributed by atoms with van der Waals surface area (Å²) in [6.45, 7) is 1.55. The number of hydrogen-bond acceptors (Lipinski definition) is 3. The van der Waals surface area contributed by atoms with E-state index in [9.17, 15) is 18.0 Å². The van der Waals surface area contributed by atoms with Gasteiger partial charge in [-0.2, -0.15) is 13.2 Å². The summed E-state index contributed by atoms with van der Waals surface area (Å²) in [6.07, 6.45) is -2.32. The fourth-order valence-electron chi connectivity index (χ4n) is 2.23. The molecule has 1 amide bonds. The number of aromatic nitrogens is 3. The van der Waals surface area contributed by atoms with Gasteiger partial charge in [-0.05, 0) is 31.2 Å². The number of halogens is 4. The number of rotatable bonds is 2. The molecule has 124 valence electrons. The highest BCUT2D eigenvalue weighted by atomic mass is 35.5. The average Bonchev–Trinajstić information content (AvgIpc) is 2.83. The fraction of sp³-hybridized carbons (Fsp3) is 0.133. The predicted molar refractivity (Wildman–Crippen MR) is 82.1 cm³/mol. The topological polar surface area (TPSA) is 59.3 Å². The van der Waals surface area contributed by atoms with E-state index in [1.54, 1.807) is 6.92 Å². The van der Waals surface area contributed by atoms with Crippen LogP contribution in [0.1, 0.15) is 21.7 Å². The number of amides is 1. The van der Waals surface area contributed by atoms with Crippen LogP contribution in [0.4, 0.5) is 19.0 Å². The van der Waals surface area contributed by atoms with Gasteiger partial charge < -0.3 is 5.32 Å². The molecule has 3 heterocycles. The lowest BCUT2D eigenvalue weighted by molar-refractivity contribution is -0.137. The van der Waals surface area contributed by atoms with Crippen LogP contribution < -0.4 is 5.32 Å². The predicted octanol–water partition coefficient (Wildman–Crippen LogP) is 3.96. The molecule has 0 aliphatic heterocycles. The third-order valence-corrected chi connectivity index (χ3v) is 3.53. The molecule has 5 nitrogen and oxygen atoms in total. The standard InChI is InChI=1S/C15H10ClF3N4O/c1-8-13(14(24)22-11-4-3-10(16)6-20-11)23-7-9(15(17,18)19)2-5-12(23)21-8/h2-7H,1H3,(H,20,22,24). The zero-order chi connectivity index (χ0) is 17.5. The maximum atomic E-state index is 12.9. The molecule has 0 bridgehead atoms. The molecule has 3 rings (SSSR count). The van der Waals surface area contributed by atoms with Crippen LogP contribution >= 0.6 is 11.6 Å². The van der Waals surface area contributed by atoms with Crippen LogP contribution in [0.2, 0.25) is 5.02 Å². The van der Waals surface area contributed by atoms with Gasteiger partial charge >= 0.3 is 6.18 Å². The van der Waals surface area contributed by atoms with E-state index in [0.29, 0.717) is 10.7 Å². The maximum Gasteiger partial charge on any atom is 0.417 e. The monoisotopic (exact) mass is 354 g/mol. The summed E-state index contributed by atoms with van der Waals surface area (Å²) in [5, 5.41) is 2.91. The lowest BCUT2D eigenvalue weighted by Crippen LogP contribution is -2.17. The van der Waals surface area contributed by atoms with Gasteiger partial charge in [0.2, 0.25) is 0 Å². The lowest BCUT2D eigenvalue weighted by Gasteiger charge is -2.09. The number of anilines is 1. The van der Waals surface area contributed by atoms with Gasteiger partial charge in [-0.1, -0.05) is 11.6 Å². The van der Waals surface area contributed by atoms with Gasteiger partial charge in [0.25, 0.3) is 5.91 Å². The number of imidazole rings is 1. The Morgan fingerprint density at radius 2 is 2.00 bits per heavy atom. The Morgan fingerprint density at radius 3 is 2.62 bits per heavy atom. The number of carbonyl (C=O) groups is 1. The molecule has 0 saturated heterocycles. The van der Waals surface area contributed by atoms with E-state index >= 15 is 0 Å². The second-order valence-corrected chi connectivity index (χ2v) is 5.44. The highest BCUT2D eigenvalue weighted by Crippen LogP contribution is 2.30. The van der Waals surface area contributed by atoms with Crippen molar-refractivity contribution < 1.29 is 18.0 Å². The van der Waals surface area contributed by atoms with Gasteiger partial charge in [0.05, 0.1) is 16.3 Å². The minimum atomic E-state index is -4.52. The second kappa shape index (κ2) is 5.79. The van der Waals surface area contributed by atoms with E-state index in [4.69, 9.17) is 11.6 Å². The number of nitrogens with one attached hydrogen (secondary N) is 1. The largest absolute Gasteiger partial charge is 0.417 e. The second-order valence-electron chi connectivity index (χ2n) is 5.01. The van der Waals surface area contributed by atoms with Crippen molar-refractivity contribution >= 4 is 29.0 Å². The minimum absolute atomic E-state index is 0.00727. The number of nitrogens with zero attached hydrogens (tertiary/aromatic N) is 3. The van der Waals surface area contributed by atoms with Gasteiger partial charge in [-0.15, -0.1) is 0 Å². The molecule has 0 aromatic carbocycles. The molecular formula is C15H10ClF3N4O. The summed E-state index contributed by atoms with van der Waals surface area (Å²) in [5.74, 6) is -0.389. The smallest absolute Gasteiger partial charge is 0.305 e. The molecule has 0 fully saturated rings. The van der Waals surface area contributed by atoms with Gasteiger partial charge in [-0.25, -0.2) is 9.97 Å². The molecule has 0 aliphatic rings. The minimum Gasteiger partial charge on any atom is -0.305 e. The molecule has 0 unspecified atom stereocenters. The number of carbonyl (C=O) groups excluding carboxylic acids is 1. The Balaban J connectivity index is 2.02. The summed E-state index contributed by atoms with van der Waals surface area (Å²) < 4.78 is 39.8. The zero-order valence-electron chi connectivity index (χ0n) is 12.2. The van der Waals surface area contributed by atoms with Crippen molar-refractivity contribution in [3.05, 3.63) is 58.6 Å². The first-order valence-corrected chi connectivity index (χ1v) is 7.12. The third kappa shape index (κ3) is 3.05. The summed E-state index contributed by atoms with van der Waals surface area (Å²) in [5.41, 5.74) is -0.311. The molecule has 3 aromatic rings. The van der Waals surface area contributed by atoms with E-state index in [0.717, 1.165) is 16.7 Å². The molecule has 0 spiro atoms. The molecule has 1 N–H and O–H groups in total. The number of pyridine rings is 2. The maximum absolute atomic E-state index is 12.9. The van der Waals surface area contributed by atoms with E-state index in [1.807, 2.05) is 0 Å². The number of hydrogen-bond donors (Lipinski definition) is 1. The van der Waals surface area contributed by atoms with Crippen LogP contribution in [0.5, 0.6) is 0 Å². The van der Waals surface area contributed by atoms with E-state index in [2.05, 4.69) is 15.3 Å². The summed E-state index contributed by atoms with van der Waals surface area (Å²) in [7, 11) is 0. The Labute approximate surface area is 139 Å². The number of fused-ring (bicyclic) bond motifs is 1. The van der Waals surface area contributed by atoms with Crippen molar-refractivity contribution in [3.8, 4) is 0 Å². The molecule has 9 heteroatoms. The van der Waals surface area contributed by atoms with E-state index < -0.39 is 17.6 Å². The quantitative estimate of drug-likeness (QED) is 0.757. The highest BCUT2D eigenvalue weighted by molar-refractivity contribution is 6.30. The van der Waals surface area contributed by atoms with Crippen LogP contribution in [-0.4, -0.2) is 20.3 Å². The summed E-state index contributed by atoms with van der Waals surface area (Å²) in [6, 6.07) is 5.16. The van der Waals surface area contributed by atoms with Crippen molar-refractivity contribution in [2.24, 2.45) is 0 Å². The van der Waals surface area contributed by atoms with Crippen molar-refractivity contribution in [3.63, 3.8) is 0 Å². The first-order chi connectivity index (χ1) is 11.3. The van der Waals surface area contributed by atoms with Crippen LogP contribution in [0.3, 0.4) is 0 Å². The molecule has 24 heavy (non-hydrogen) atoms. The average molecular weight is 355 g/mol. The van der Waals surface area contributed by atoms with E-state index in [1.165, 1.54) is 24.4 Å². The molecule has 0 saturated carbocycles. The summed E-state index contributed by atoms with van der Waals surface area (Å²) >= 11 is 5.72. The van der Waals surface area contributed by atoms with Gasteiger partial charge in [-0.3, -0.25) is 9.20 Å². The Bertz CT molecular complexity index is 919. The molecular weight excluding hydrogens is 345 g/mol. The van der Waals surface area contributed by atoms with Gasteiger partial charge in [0.1, 0.15) is 17.2 Å². The van der Waals surface area contributed by atoms with Crippen LogP contribution in [0.15, 0.2) is 36.7 Å². The van der Waals surface area contributed by atoms with E-state index in [-0.39, 0.29) is 17.2 Å². The number of aryl methyl sites for hydroxylation is 1. The van der Waals surface area contributed by atoms with Crippen molar-refractivity contribution in [1.82, 2.24) is 14.4 Å². The van der Waals surface area contributed by atoms with Crippen molar-refractivity contribution in [2.75, 3.05) is 5.32 Å². The van der Waals surface area contributed by atoms with Crippen LogP contribution in [0.25, 0.3) is 5.65 Å².